The molecule has 1 unspecified atom stereocenters. The van der Waals surface area contributed by atoms with Crippen LogP contribution in [-0.4, -0.2) is 29.8 Å². The Labute approximate surface area is 124 Å². The van der Waals surface area contributed by atoms with Crippen molar-refractivity contribution in [2.24, 2.45) is 0 Å². The average Bonchev–Trinajstić information content (AvgIpc) is 3.05. The summed E-state index contributed by atoms with van der Waals surface area (Å²) in [6, 6.07) is 8.39. The van der Waals surface area contributed by atoms with Crippen LogP contribution in [0.25, 0.3) is 0 Å². The van der Waals surface area contributed by atoms with Crippen LogP contribution in [-0.2, 0) is 0 Å². The van der Waals surface area contributed by atoms with Gasteiger partial charge in [0.05, 0.1) is 5.92 Å². The molecule has 0 spiro atoms. The fourth-order valence-corrected chi connectivity index (χ4v) is 3.32. The van der Waals surface area contributed by atoms with Gasteiger partial charge in [-0.3, -0.25) is 0 Å². The highest BCUT2D eigenvalue weighted by molar-refractivity contribution is 5.56. The molecule has 5 nitrogen and oxygen atoms in total. The smallest absolute Gasteiger partial charge is 0.266 e. The number of rotatable bonds is 2. The molecule has 5 heteroatoms. The SMILES string of the molecule is c1ccc2c(c1)NCCC2c1nc(N2CCCCC2)no1. The Morgan fingerprint density at radius 3 is 2.90 bits per heavy atom. The number of hydrogen-bond donors (Lipinski definition) is 1. The van der Waals surface area contributed by atoms with Crippen molar-refractivity contribution in [1.29, 1.82) is 0 Å². The van der Waals surface area contributed by atoms with Gasteiger partial charge in [0, 0.05) is 25.3 Å². The van der Waals surface area contributed by atoms with Gasteiger partial charge in [0.1, 0.15) is 0 Å². The summed E-state index contributed by atoms with van der Waals surface area (Å²) in [5.74, 6) is 1.73. The Morgan fingerprint density at radius 1 is 1.14 bits per heavy atom. The first-order valence-corrected chi connectivity index (χ1v) is 7.83. The predicted octanol–water partition coefficient (Wildman–Crippen LogP) is 3.01. The van der Waals surface area contributed by atoms with Crippen LogP contribution < -0.4 is 10.2 Å². The van der Waals surface area contributed by atoms with Gasteiger partial charge >= 0.3 is 0 Å². The molecule has 1 saturated heterocycles. The molecule has 3 heterocycles. The highest BCUT2D eigenvalue weighted by Gasteiger charge is 2.27. The zero-order valence-corrected chi connectivity index (χ0v) is 12.1. The molecule has 2 aliphatic heterocycles. The molecular formula is C16H20N4O. The first kappa shape index (κ1) is 12.7. The number of fused-ring (bicyclic) bond motifs is 1. The molecule has 2 aliphatic rings. The van der Waals surface area contributed by atoms with Crippen LogP contribution in [0.2, 0.25) is 0 Å². The quantitative estimate of drug-likeness (QED) is 0.918. The third-order valence-corrected chi connectivity index (χ3v) is 4.45. The van der Waals surface area contributed by atoms with Crippen LogP contribution in [0.1, 0.15) is 43.1 Å². The maximum Gasteiger partial charge on any atom is 0.266 e. The van der Waals surface area contributed by atoms with E-state index in [1.165, 1.54) is 30.5 Å². The summed E-state index contributed by atoms with van der Waals surface area (Å²) in [6.07, 6.45) is 4.75. The predicted molar refractivity (Wildman–Crippen MR) is 81.8 cm³/mol. The molecule has 1 aromatic heterocycles. The average molecular weight is 284 g/mol. The molecule has 21 heavy (non-hydrogen) atoms. The summed E-state index contributed by atoms with van der Waals surface area (Å²) >= 11 is 0. The number of benzene rings is 1. The number of hydrogen-bond acceptors (Lipinski definition) is 5. The lowest BCUT2D eigenvalue weighted by molar-refractivity contribution is 0.359. The molecule has 2 aromatic rings. The second kappa shape index (κ2) is 5.39. The van der Waals surface area contributed by atoms with Gasteiger partial charge < -0.3 is 14.7 Å². The van der Waals surface area contributed by atoms with Gasteiger partial charge in [-0.1, -0.05) is 18.2 Å². The maximum absolute atomic E-state index is 5.58. The van der Waals surface area contributed by atoms with Crippen molar-refractivity contribution < 1.29 is 4.52 Å². The van der Waals surface area contributed by atoms with E-state index in [9.17, 15) is 0 Å². The van der Waals surface area contributed by atoms with E-state index < -0.39 is 0 Å². The van der Waals surface area contributed by atoms with Crippen LogP contribution in [0, 0.1) is 0 Å². The van der Waals surface area contributed by atoms with Crippen molar-refractivity contribution in [3.8, 4) is 0 Å². The van der Waals surface area contributed by atoms with Crippen LogP contribution >= 0.6 is 0 Å². The lowest BCUT2D eigenvalue weighted by Gasteiger charge is -2.25. The largest absolute Gasteiger partial charge is 0.385 e. The Morgan fingerprint density at radius 2 is 2.00 bits per heavy atom. The number of para-hydroxylation sites is 1. The second-order valence-corrected chi connectivity index (χ2v) is 5.84. The van der Waals surface area contributed by atoms with Crippen molar-refractivity contribution in [2.45, 2.75) is 31.6 Å². The van der Waals surface area contributed by atoms with E-state index in [1.807, 2.05) is 0 Å². The molecule has 1 N–H and O–H groups in total. The third kappa shape index (κ3) is 2.37. The molecule has 110 valence electrons. The minimum absolute atomic E-state index is 0.216. The molecule has 0 saturated carbocycles. The number of nitrogens with one attached hydrogen (secondary N) is 1. The van der Waals surface area contributed by atoms with Gasteiger partial charge in [-0.25, -0.2) is 0 Å². The minimum atomic E-state index is 0.216. The normalized spacial score (nSPS) is 21.7. The van der Waals surface area contributed by atoms with E-state index in [0.29, 0.717) is 0 Å². The van der Waals surface area contributed by atoms with Gasteiger partial charge in [0.25, 0.3) is 5.95 Å². The standard InChI is InChI=1S/C16H20N4O/c1-4-10-20(11-5-1)16-18-15(21-19-16)13-8-9-17-14-7-3-2-6-12(13)14/h2-3,6-7,13,17H,1,4-5,8-11H2. The molecule has 0 aliphatic carbocycles. The fourth-order valence-electron chi connectivity index (χ4n) is 3.32. The number of piperidine rings is 1. The number of anilines is 2. The first-order valence-electron chi connectivity index (χ1n) is 7.83. The van der Waals surface area contributed by atoms with Gasteiger partial charge in [0.2, 0.25) is 5.89 Å². The monoisotopic (exact) mass is 284 g/mol. The zero-order chi connectivity index (χ0) is 14.1. The molecule has 1 atom stereocenters. The summed E-state index contributed by atoms with van der Waals surface area (Å²) in [6.45, 7) is 3.03. The topological polar surface area (TPSA) is 54.2 Å². The van der Waals surface area contributed by atoms with Crippen LogP contribution in [0.4, 0.5) is 11.6 Å². The van der Waals surface area contributed by atoms with Gasteiger partial charge in [-0.2, -0.15) is 4.98 Å². The van der Waals surface area contributed by atoms with Crippen molar-refractivity contribution in [3.63, 3.8) is 0 Å². The highest BCUT2D eigenvalue weighted by Crippen LogP contribution is 2.36. The molecule has 0 radical (unpaired) electrons. The molecule has 1 aromatic carbocycles. The van der Waals surface area contributed by atoms with Gasteiger partial charge in [-0.15, -0.1) is 0 Å². The Hall–Kier alpha value is -2.04. The molecule has 4 rings (SSSR count). The van der Waals surface area contributed by atoms with E-state index in [-0.39, 0.29) is 5.92 Å². The van der Waals surface area contributed by atoms with Gasteiger partial charge in [0.15, 0.2) is 0 Å². The maximum atomic E-state index is 5.58. The molecule has 0 amide bonds. The second-order valence-electron chi connectivity index (χ2n) is 5.84. The summed E-state index contributed by atoms with van der Waals surface area (Å²) < 4.78 is 5.58. The van der Waals surface area contributed by atoms with Crippen LogP contribution in [0.3, 0.4) is 0 Å². The van der Waals surface area contributed by atoms with Crippen molar-refractivity contribution in [1.82, 2.24) is 10.1 Å². The summed E-state index contributed by atoms with van der Waals surface area (Å²) in [5.41, 5.74) is 2.45. The lowest BCUT2D eigenvalue weighted by atomic mass is 9.91. The van der Waals surface area contributed by atoms with Gasteiger partial charge in [-0.05, 0) is 42.5 Å². The van der Waals surface area contributed by atoms with Crippen molar-refractivity contribution in [2.75, 3.05) is 29.9 Å². The lowest BCUT2D eigenvalue weighted by Crippen LogP contribution is -2.30. The van der Waals surface area contributed by atoms with Crippen LogP contribution in [0.15, 0.2) is 28.8 Å². The summed E-state index contributed by atoms with van der Waals surface area (Å²) in [7, 11) is 0. The molecular weight excluding hydrogens is 264 g/mol. The summed E-state index contributed by atoms with van der Waals surface area (Å²) in [4.78, 5) is 6.92. The first-order chi connectivity index (χ1) is 10.4. The Bertz CT molecular complexity index is 618. The Balaban J connectivity index is 1.61. The Kier molecular flexibility index (Phi) is 3.25. The van der Waals surface area contributed by atoms with E-state index >= 15 is 0 Å². The number of aromatic nitrogens is 2. The van der Waals surface area contributed by atoms with Crippen molar-refractivity contribution in [3.05, 3.63) is 35.7 Å². The van der Waals surface area contributed by atoms with E-state index in [0.717, 1.165) is 37.9 Å². The van der Waals surface area contributed by atoms with E-state index in [1.54, 1.807) is 0 Å². The fraction of sp³-hybridized carbons (Fsp3) is 0.500. The highest BCUT2D eigenvalue weighted by atomic mass is 16.5. The van der Waals surface area contributed by atoms with E-state index in [2.05, 4.69) is 44.6 Å². The third-order valence-electron chi connectivity index (χ3n) is 4.45. The van der Waals surface area contributed by atoms with Crippen LogP contribution in [0.5, 0.6) is 0 Å². The minimum Gasteiger partial charge on any atom is -0.385 e. The summed E-state index contributed by atoms with van der Waals surface area (Å²) in [5, 5.41) is 7.64. The van der Waals surface area contributed by atoms with Crippen molar-refractivity contribution >= 4 is 11.6 Å². The van der Waals surface area contributed by atoms with E-state index in [4.69, 9.17) is 4.52 Å². The number of nitrogens with zero attached hydrogens (tertiary/aromatic N) is 3. The molecule has 0 bridgehead atoms. The molecule has 1 fully saturated rings. The zero-order valence-electron chi connectivity index (χ0n) is 12.1.